The van der Waals surface area contributed by atoms with Crippen LogP contribution in [0.1, 0.15) is 13.8 Å². The van der Waals surface area contributed by atoms with Crippen LogP contribution in [0.5, 0.6) is 17.2 Å². The summed E-state index contributed by atoms with van der Waals surface area (Å²) in [4.78, 5) is 22.0. The Morgan fingerprint density at radius 2 is 1.76 bits per heavy atom. The van der Waals surface area contributed by atoms with Crippen molar-refractivity contribution >= 4 is 17.4 Å². The monoisotopic (exact) mass is 345 g/mol. The van der Waals surface area contributed by atoms with Crippen molar-refractivity contribution in [1.29, 1.82) is 0 Å². The molecule has 0 spiro atoms. The van der Waals surface area contributed by atoms with E-state index in [0.717, 1.165) is 0 Å². The molecule has 25 heavy (non-hydrogen) atoms. The number of anilines is 1. The maximum Gasteiger partial charge on any atom is 0.319 e. The summed E-state index contributed by atoms with van der Waals surface area (Å²) in [5, 5.41) is 16.3. The molecule has 132 valence electrons. The Labute approximate surface area is 144 Å². The average molecular weight is 345 g/mol. The third-order valence-electron chi connectivity index (χ3n) is 3.12. The lowest BCUT2D eigenvalue weighted by Crippen LogP contribution is -2.34. The Morgan fingerprint density at radius 3 is 2.32 bits per heavy atom. The van der Waals surface area contributed by atoms with Crippen LogP contribution in [0.3, 0.4) is 0 Å². The molecular weight excluding hydrogens is 326 g/mol. The van der Waals surface area contributed by atoms with Crippen LogP contribution < -0.4 is 20.1 Å². The number of hydrogen-bond donors (Lipinski definition) is 2. The molecule has 2 N–H and O–H groups in total. The van der Waals surface area contributed by atoms with Gasteiger partial charge in [-0.25, -0.2) is 4.79 Å². The summed E-state index contributed by atoms with van der Waals surface area (Å²) in [5.41, 5.74) is 0.484. The van der Waals surface area contributed by atoms with E-state index in [2.05, 4.69) is 10.6 Å². The predicted octanol–water partition coefficient (Wildman–Crippen LogP) is 3.93. The van der Waals surface area contributed by atoms with Gasteiger partial charge in [-0.1, -0.05) is 0 Å². The molecule has 0 aliphatic rings. The third-order valence-corrected chi connectivity index (χ3v) is 3.12. The molecule has 0 radical (unpaired) electrons. The Hall–Kier alpha value is -3.29. The summed E-state index contributed by atoms with van der Waals surface area (Å²) in [6, 6.07) is 10.8. The van der Waals surface area contributed by atoms with Gasteiger partial charge in [0.15, 0.2) is 0 Å². The van der Waals surface area contributed by atoms with Gasteiger partial charge in [0.05, 0.1) is 12.0 Å². The van der Waals surface area contributed by atoms with E-state index >= 15 is 0 Å². The zero-order valence-electron chi connectivity index (χ0n) is 14.1. The molecule has 0 unspecified atom stereocenters. The quantitative estimate of drug-likeness (QED) is 0.610. The number of ether oxygens (including phenoxy) is 2. The summed E-state index contributed by atoms with van der Waals surface area (Å²) < 4.78 is 10.7. The molecule has 0 heterocycles. The summed E-state index contributed by atoms with van der Waals surface area (Å²) in [6.45, 7) is 3.74. The summed E-state index contributed by atoms with van der Waals surface area (Å²) >= 11 is 0. The number of nitrogens with zero attached hydrogens (tertiary/aromatic N) is 1. The van der Waals surface area contributed by atoms with E-state index in [9.17, 15) is 14.9 Å². The van der Waals surface area contributed by atoms with E-state index in [1.165, 1.54) is 25.3 Å². The second-order valence-corrected chi connectivity index (χ2v) is 5.47. The summed E-state index contributed by atoms with van der Waals surface area (Å²) in [6.07, 6.45) is 0. The van der Waals surface area contributed by atoms with Crippen molar-refractivity contribution in [1.82, 2.24) is 5.32 Å². The van der Waals surface area contributed by atoms with Gasteiger partial charge in [0.1, 0.15) is 11.5 Å². The lowest BCUT2D eigenvalue weighted by Gasteiger charge is -2.11. The number of rotatable bonds is 6. The zero-order valence-corrected chi connectivity index (χ0v) is 14.1. The van der Waals surface area contributed by atoms with E-state index < -0.39 is 4.92 Å². The molecule has 8 nitrogen and oxygen atoms in total. The molecule has 0 atom stereocenters. The van der Waals surface area contributed by atoms with Gasteiger partial charge < -0.3 is 20.1 Å². The van der Waals surface area contributed by atoms with E-state index in [0.29, 0.717) is 17.2 Å². The molecule has 8 heteroatoms. The molecular formula is C17H19N3O5. The number of benzene rings is 2. The SMILES string of the molecule is COc1cc(Oc2ccc(NC(=O)NC(C)C)cc2)ccc1[N+](=O)[O-]. The van der Waals surface area contributed by atoms with Crippen LogP contribution in [0.15, 0.2) is 42.5 Å². The third kappa shape index (κ3) is 5.10. The second-order valence-electron chi connectivity index (χ2n) is 5.47. The van der Waals surface area contributed by atoms with Crippen molar-refractivity contribution in [2.45, 2.75) is 19.9 Å². The van der Waals surface area contributed by atoms with Crippen LogP contribution in [-0.2, 0) is 0 Å². The average Bonchev–Trinajstić information content (AvgIpc) is 2.55. The first-order valence-corrected chi connectivity index (χ1v) is 7.57. The highest BCUT2D eigenvalue weighted by Crippen LogP contribution is 2.33. The fourth-order valence-electron chi connectivity index (χ4n) is 2.04. The van der Waals surface area contributed by atoms with E-state index in [1.807, 2.05) is 13.8 Å². The molecule has 2 rings (SSSR count). The molecule has 0 aliphatic carbocycles. The van der Waals surface area contributed by atoms with Crippen molar-refractivity contribution in [2.75, 3.05) is 12.4 Å². The number of nitro benzene ring substituents is 1. The van der Waals surface area contributed by atoms with Gasteiger partial charge in [-0.2, -0.15) is 0 Å². The predicted molar refractivity (Wildman–Crippen MR) is 93.5 cm³/mol. The molecule has 0 bridgehead atoms. The fraction of sp³-hybridized carbons (Fsp3) is 0.235. The highest BCUT2D eigenvalue weighted by Gasteiger charge is 2.15. The summed E-state index contributed by atoms with van der Waals surface area (Å²) in [5.74, 6) is 1.04. The Balaban J connectivity index is 2.06. The highest BCUT2D eigenvalue weighted by molar-refractivity contribution is 5.89. The van der Waals surface area contributed by atoms with Crippen molar-refractivity contribution in [3.05, 3.63) is 52.6 Å². The Kier molecular flexibility index (Phi) is 5.78. The van der Waals surface area contributed by atoms with Gasteiger partial charge in [-0.15, -0.1) is 0 Å². The number of nitrogens with one attached hydrogen (secondary N) is 2. The van der Waals surface area contributed by atoms with Crippen LogP contribution in [-0.4, -0.2) is 24.1 Å². The standard InChI is InChI=1S/C17H19N3O5/c1-11(2)18-17(21)19-12-4-6-13(7-5-12)25-14-8-9-15(20(22)23)16(10-14)24-3/h4-11H,1-3H3,(H2,18,19,21). The Morgan fingerprint density at radius 1 is 1.12 bits per heavy atom. The maximum atomic E-state index is 11.6. The van der Waals surface area contributed by atoms with Gasteiger partial charge in [-0.05, 0) is 44.2 Å². The number of nitro groups is 1. The van der Waals surface area contributed by atoms with Crippen LogP contribution >= 0.6 is 0 Å². The van der Waals surface area contributed by atoms with E-state index in [4.69, 9.17) is 9.47 Å². The number of carbonyl (C=O) groups excluding carboxylic acids is 1. The minimum Gasteiger partial charge on any atom is -0.490 e. The lowest BCUT2D eigenvalue weighted by atomic mass is 10.2. The van der Waals surface area contributed by atoms with Gasteiger partial charge in [0.2, 0.25) is 5.75 Å². The molecule has 0 saturated heterocycles. The van der Waals surface area contributed by atoms with Crippen molar-refractivity contribution in [3.8, 4) is 17.2 Å². The smallest absolute Gasteiger partial charge is 0.319 e. The number of hydrogen-bond acceptors (Lipinski definition) is 5. The number of urea groups is 1. The van der Waals surface area contributed by atoms with Gasteiger partial charge in [-0.3, -0.25) is 10.1 Å². The van der Waals surface area contributed by atoms with Crippen molar-refractivity contribution < 1.29 is 19.2 Å². The van der Waals surface area contributed by atoms with E-state index in [-0.39, 0.29) is 23.5 Å². The molecule has 0 aliphatic heterocycles. The largest absolute Gasteiger partial charge is 0.490 e. The van der Waals surface area contributed by atoms with E-state index in [1.54, 1.807) is 24.3 Å². The molecule has 0 saturated carbocycles. The van der Waals surface area contributed by atoms with Crippen molar-refractivity contribution in [3.63, 3.8) is 0 Å². The molecule has 2 amide bonds. The molecule has 0 fully saturated rings. The first kappa shape index (κ1) is 18.1. The maximum absolute atomic E-state index is 11.6. The molecule has 2 aromatic carbocycles. The second kappa shape index (κ2) is 8.00. The Bertz CT molecular complexity index is 759. The normalized spacial score (nSPS) is 10.2. The number of carbonyl (C=O) groups is 1. The van der Waals surface area contributed by atoms with Gasteiger partial charge >= 0.3 is 11.7 Å². The molecule has 2 aromatic rings. The van der Waals surface area contributed by atoms with Gasteiger partial charge in [0.25, 0.3) is 0 Å². The number of amides is 2. The first-order valence-electron chi connectivity index (χ1n) is 7.57. The van der Waals surface area contributed by atoms with Crippen molar-refractivity contribution in [2.24, 2.45) is 0 Å². The zero-order chi connectivity index (χ0) is 18.4. The summed E-state index contributed by atoms with van der Waals surface area (Å²) in [7, 11) is 1.36. The van der Waals surface area contributed by atoms with Crippen LogP contribution in [0.25, 0.3) is 0 Å². The topological polar surface area (TPSA) is 103 Å². The number of methoxy groups -OCH3 is 1. The first-order chi connectivity index (χ1) is 11.9. The highest BCUT2D eigenvalue weighted by atomic mass is 16.6. The fourth-order valence-corrected chi connectivity index (χ4v) is 2.04. The minimum absolute atomic E-state index is 0.0414. The minimum atomic E-state index is -0.523. The van der Waals surface area contributed by atoms with Crippen LogP contribution in [0.4, 0.5) is 16.2 Å². The lowest BCUT2D eigenvalue weighted by molar-refractivity contribution is -0.385. The van der Waals surface area contributed by atoms with Gasteiger partial charge in [0, 0.05) is 23.9 Å². The molecule has 0 aromatic heterocycles. The van der Waals surface area contributed by atoms with Crippen LogP contribution in [0.2, 0.25) is 0 Å². The van der Waals surface area contributed by atoms with Crippen LogP contribution in [0, 0.1) is 10.1 Å².